The van der Waals surface area contributed by atoms with E-state index in [1.807, 2.05) is 11.5 Å². The maximum Gasteiger partial charge on any atom is 0.00507 e. The summed E-state index contributed by atoms with van der Waals surface area (Å²) in [7, 11) is 3.93. The molecule has 1 aromatic heterocycles. The van der Waals surface area contributed by atoms with Crippen LogP contribution in [0.3, 0.4) is 0 Å². The largest absolute Gasteiger partial charge is 0.464 e. The number of nitrogens with zero attached hydrogens (tertiary/aromatic N) is 2. The minimum atomic E-state index is 0. The number of hydrogen-bond donors (Lipinski definition) is 0. The molecule has 0 fully saturated rings. The SMILES string of the molecule is [CH2-]n1c(C)nc(C(C)C)c1SC.[W].[W].[W].[W].[W]. The third-order valence-electron chi connectivity index (χ3n) is 1.88. The summed E-state index contributed by atoms with van der Waals surface area (Å²) in [6, 6.07) is 0. The Kier molecular flexibility index (Phi) is 28.7. The Hall–Kier alpha value is 2.87. The minimum Gasteiger partial charge on any atom is -0.464 e. The Morgan fingerprint density at radius 1 is 1.12 bits per heavy atom. The van der Waals surface area contributed by atoms with Gasteiger partial charge in [-0.1, -0.05) is 20.8 Å². The van der Waals surface area contributed by atoms with E-state index in [0.717, 1.165) is 11.5 Å². The van der Waals surface area contributed by atoms with E-state index in [9.17, 15) is 0 Å². The van der Waals surface area contributed by atoms with Crippen LogP contribution in [0, 0.1) is 14.0 Å². The molecule has 0 amide bonds. The third kappa shape index (κ3) is 8.68. The fourth-order valence-corrected chi connectivity index (χ4v) is 2.00. The molecule has 0 aliphatic heterocycles. The number of imidazole rings is 1. The first-order valence-corrected chi connectivity index (χ1v) is 5.24. The van der Waals surface area contributed by atoms with Gasteiger partial charge >= 0.3 is 0 Å². The number of aromatic nitrogens is 2. The van der Waals surface area contributed by atoms with E-state index in [1.54, 1.807) is 11.8 Å². The minimum absolute atomic E-state index is 0. The van der Waals surface area contributed by atoms with Gasteiger partial charge in [0.2, 0.25) is 0 Å². The van der Waals surface area contributed by atoms with Crippen LogP contribution in [0.15, 0.2) is 5.03 Å². The Balaban J connectivity index is -0.0000000960. The summed E-state index contributed by atoms with van der Waals surface area (Å²) in [5.74, 6) is 1.47. The zero-order valence-electron chi connectivity index (χ0n) is 10.1. The summed E-state index contributed by atoms with van der Waals surface area (Å²) in [6.45, 7) is 6.29. The zero-order chi connectivity index (χ0) is 9.30. The maximum absolute atomic E-state index is 4.46. The Labute approximate surface area is 180 Å². The monoisotopic (exact) mass is 1100 g/mol. The molecule has 1 rings (SSSR count). The number of aryl methyl sites for hydroxylation is 1. The van der Waals surface area contributed by atoms with Crippen LogP contribution in [-0.4, -0.2) is 15.8 Å². The molecular formula is C9H15N2SW5-. The van der Waals surface area contributed by atoms with Crippen molar-refractivity contribution in [2.75, 3.05) is 6.26 Å². The molecule has 0 radical (unpaired) electrons. The van der Waals surface area contributed by atoms with Crippen molar-refractivity contribution < 1.29 is 105 Å². The first-order chi connectivity index (χ1) is 5.57. The van der Waals surface area contributed by atoms with Gasteiger partial charge < -0.3 is 9.55 Å². The van der Waals surface area contributed by atoms with Crippen LogP contribution in [0.2, 0.25) is 0 Å². The molecule has 0 aliphatic carbocycles. The molecule has 17 heavy (non-hydrogen) atoms. The summed E-state index contributed by atoms with van der Waals surface area (Å²) >= 11 is 1.71. The maximum atomic E-state index is 4.46. The molecule has 0 unspecified atom stereocenters. The summed E-state index contributed by atoms with van der Waals surface area (Å²) in [4.78, 5) is 4.46. The molecular weight excluding hydrogens is 1090 g/mol. The molecule has 0 atom stereocenters. The van der Waals surface area contributed by atoms with E-state index in [1.165, 1.54) is 5.03 Å². The standard InChI is InChI=1S/C9H15N2S.5W/c1-6(2)8-9(12-5)11(4)7(3)10-8;;;;;/h6H,4H2,1-3,5H3;;;;;/q-1;;;;;. The topological polar surface area (TPSA) is 17.8 Å². The molecule has 1 aromatic rings. The molecule has 0 spiro atoms. The molecule has 0 aliphatic rings. The summed E-state index contributed by atoms with van der Waals surface area (Å²) < 4.78 is 1.90. The Bertz CT molecular complexity index is 291. The first-order valence-electron chi connectivity index (χ1n) is 4.02. The van der Waals surface area contributed by atoms with E-state index >= 15 is 0 Å². The predicted octanol–water partition coefficient (Wildman–Crippen LogP) is 2.66. The number of thioether (sulfide) groups is 1. The molecule has 0 saturated carbocycles. The molecule has 0 saturated heterocycles. The van der Waals surface area contributed by atoms with E-state index in [-0.39, 0.29) is 105 Å². The van der Waals surface area contributed by atoms with Gasteiger partial charge in [0, 0.05) is 117 Å². The fourth-order valence-electron chi connectivity index (χ4n) is 1.16. The van der Waals surface area contributed by atoms with Crippen molar-refractivity contribution in [2.24, 2.45) is 0 Å². The second kappa shape index (κ2) is 15.3. The van der Waals surface area contributed by atoms with Gasteiger partial charge in [0.05, 0.1) is 0 Å². The molecule has 2 nitrogen and oxygen atoms in total. The van der Waals surface area contributed by atoms with E-state index in [2.05, 4.69) is 32.1 Å². The first kappa shape index (κ1) is 32.0. The van der Waals surface area contributed by atoms with Crippen LogP contribution >= 0.6 is 11.8 Å². The smallest absolute Gasteiger partial charge is 0.00507 e. The van der Waals surface area contributed by atoms with Crippen LogP contribution in [0.25, 0.3) is 0 Å². The number of hydrogen-bond acceptors (Lipinski definition) is 2. The summed E-state index contributed by atoms with van der Waals surface area (Å²) in [6.07, 6.45) is 2.06. The van der Waals surface area contributed by atoms with Gasteiger partial charge in [-0.25, -0.2) is 0 Å². The summed E-state index contributed by atoms with van der Waals surface area (Å²) in [5, 5.41) is 1.18. The van der Waals surface area contributed by atoms with Crippen LogP contribution in [-0.2, 0) is 105 Å². The van der Waals surface area contributed by atoms with Crippen LogP contribution in [0.1, 0.15) is 31.3 Å². The van der Waals surface area contributed by atoms with Crippen molar-refractivity contribution in [2.45, 2.75) is 31.7 Å². The van der Waals surface area contributed by atoms with Crippen LogP contribution in [0.4, 0.5) is 0 Å². The van der Waals surface area contributed by atoms with E-state index in [4.69, 9.17) is 0 Å². The second-order valence-corrected chi connectivity index (χ2v) is 3.93. The second-order valence-electron chi connectivity index (χ2n) is 3.14. The van der Waals surface area contributed by atoms with Gasteiger partial charge in [-0.2, -0.15) is 11.8 Å². The van der Waals surface area contributed by atoms with Gasteiger partial charge in [-0.05, 0) is 17.2 Å². The fraction of sp³-hybridized carbons (Fsp3) is 0.556. The van der Waals surface area contributed by atoms with Gasteiger partial charge in [-0.3, -0.25) is 0 Å². The number of rotatable bonds is 2. The van der Waals surface area contributed by atoms with Crippen molar-refractivity contribution >= 4 is 11.8 Å². The van der Waals surface area contributed by atoms with E-state index in [0.29, 0.717) is 5.92 Å². The quantitative estimate of drug-likeness (QED) is 0.336. The average molecular weight is 1100 g/mol. The van der Waals surface area contributed by atoms with Crippen LogP contribution in [0.5, 0.6) is 0 Å². The third-order valence-corrected chi connectivity index (χ3v) is 2.69. The normalized spacial score (nSPS) is 7.82. The van der Waals surface area contributed by atoms with Crippen molar-refractivity contribution in [1.82, 2.24) is 9.55 Å². The molecule has 0 aromatic carbocycles. The molecule has 0 bridgehead atoms. The zero-order valence-corrected chi connectivity index (χ0v) is 25.6. The Morgan fingerprint density at radius 3 is 1.76 bits per heavy atom. The van der Waals surface area contributed by atoms with Gasteiger partial charge in [0.25, 0.3) is 0 Å². The average Bonchev–Trinajstić information content (AvgIpc) is 2.29. The molecule has 0 N–H and O–H groups in total. The predicted molar refractivity (Wildman–Crippen MR) is 53.6 cm³/mol. The van der Waals surface area contributed by atoms with Crippen molar-refractivity contribution in [3.8, 4) is 0 Å². The molecule has 98 valence electrons. The Morgan fingerprint density at radius 2 is 1.53 bits per heavy atom. The van der Waals surface area contributed by atoms with Crippen LogP contribution < -0.4 is 0 Å². The van der Waals surface area contributed by atoms with Gasteiger partial charge in [0.1, 0.15) is 0 Å². The van der Waals surface area contributed by atoms with E-state index < -0.39 is 0 Å². The van der Waals surface area contributed by atoms with Crippen molar-refractivity contribution in [3.63, 3.8) is 0 Å². The van der Waals surface area contributed by atoms with Crippen molar-refractivity contribution in [3.05, 3.63) is 18.6 Å². The van der Waals surface area contributed by atoms with Gasteiger partial charge in [0.15, 0.2) is 0 Å². The van der Waals surface area contributed by atoms with Crippen molar-refractivity contribution in [1.29, 1.82) is 0 Å². The molecule has 1 heterocycles. The van der Waals surface area contributed by atoms with Gasteiger partial charge in [-0.15, -0.1) is 7.05 Å². The summed E-state index contributed by atoms with van der Waals surface area (Å²) in [5.41, 5.74) is 1.16. The molecule has 8 heteroatoms.